The van der Waals surface area contributed by atoms with Crippen molar-refractivity contribution in [3.05, 3.63) is 10.9 Å². The Labute approximate surface area is 124 Å². The molecule has 2 atom stereocenters. The molecule has 1 fully saturated rings. The molecule has 0 amide bonds. The summed E-state index contributed by atoms with van der Waals surface area (Å²) in [5.41, 5.74) is 5.91. The Morgan fingerprint density at radius 3 is 2.65 bits per heavy atom. The standard InChI is InChI=1S/C15H22N4S/c1-4-11-6-12-13(17-15(16)18-14(12)20-11)19-7-9(2)5-10(3)8-19/h6,9-10H,4-5,7-8H2,1-3H3,(H2,16,17,18). The lowest BCUT2D eigenvalue weighted by Gasteiger charge is -2.36. The highest BCUT2D eigenvalue weighted by Gasteiger charge is 2.25. The molecule has 0 radical (unpaired) electrons. The molecule has 3 heterocycles. The van der Waals surface area contributed by atoms with Crippen LogP contribution in [0.1, 0.15) is 32.1 Å². The van der Waals surface area contributed by atoms with Gasteiger partial charge in [-0.05, 0) is 30.7 Å². The molecular formula is C15H22N4S. The van der Waals surface area contributed by atoms with E-state index in [-0.39, 0.29) is 0 Å². The van der Waals surface area contributed by atoms with Gasteiger partial charge >= 0.3 is 0 Å². The van der Waals surface area contributed by atoms with Gasteiger partial charge in [0.2, 0.25) is 5.95 Å². The molecule has 108 valence electrons. The fourth-order valence-electron chi connectivity index (χ4n) is 3.22. The maximum Gasteiger partial charge on any atom is 0.223 e. The lowest BCUT2D eigenvalue weighted by Crippen LogP contribution is -2.39. The smallest absolute Gasteiger partial charge is 0.223 e. The van der Waals surface area contributed by atoms with Crippen molar-refractivity contribution in [2.75, 3.05) is 23.7 Å². The van der Waals surface area contributed by atoms with E-state index in [1.165, 1.54) is 16.7 Å². The normalized spacial score (nSPS) is 23.4. The van der Waals surface area contributed by atoms with Crippen LogP contribution >= 0.6 is 11.3 Å². The summed E-state index contributed by atoms with van der Waals surface area (Å²) in [6, 6.07) is 2.23. The van der Waals surface area contributed by atoms with Crippen LogP contribution in [0.2, 0.25) is 0 Å². The number of piperidine rings is 1. The average molecular weight is 290 g/mol. The van der Waals surface area contributed by atoms with Gasteiger partial charge in [0.15, 0.2) is 0 Å². The summed E-state index contributed by atoms with van der Waals surface area (Å²) >= 11 is 1.73. The molecule has 2 unspecified atom stereocenters. The van der Waals surface area contributed by atoms with E-state index in [4.69, 9.17) is 5.73 Å². The second-order valence-corrected chi connectivity index (χ2v) is 7.16. The van der Waals surface area contributed by atoms with Crippen LogP contribution in [-0.2, 0) is 6.42 Å². The largest absolute Gasteiger partial charge is 0.368 e. The third-order valence-corrected chi connectivity index (χ3v) is 5.13. The molecule has 2 aromatic heterocycles. The van der Waals surface area contributed by atoms with E-state index in [0.717, 1.165) is 30.2 Å². The second-order valence-electron chi connectivity index (χ2n) is 6.04. The lowest BCUT2D eigenvalue weighted by atomic mass is 9.92. The molecule has 3 rings (SSSR count). The van der Waals surface area contributed by atoms with Crippen LogP contribution in [0.4, 0.5) is 11.8 Å². The highest BCUT2D eigenvalue weighted by atomic mass is 32.1. The highest BCUT2D eigenvalue weighted by Crippen LogP contribution is 2.34. The second kappa shape index (κ2) is 5.20. The molecular weight excluding hydrogens is 268 g/mol. The van der Waals surface area contributed by atoms with Gasteiger partial charge in [-0.3, -0.25) is 0 Å². The van der Waals surface area contributed by atoms with Crippen molar-refractivity contribution in [1.29, 1.82) is 0 Å². The van der Waals surface area contributed by atoms with Crippen molar-refractivity contribution in [1.82, 2.24) is 9.97 Å². The summed E-state index contributed by atoms with van der Waals surface area (Å²) in [5, 5.41) is 1.17. The predicted octanol–water partition coefficient (Wildman–Crippen LogP) is 3.32. The first-order valence-electron chi connectivity index (χ1n) is 7.37. The quantitative estimate of drug-likeness (QED) is 0.922. The Morgan fingerprint density at radius 1 is 1.30 bits per heavy atom. The minimum atomic E-state index is 0.392. The Bertz CT molecular complexity index is 612. The lowest BCUT2D eigenvalue weighted by molar-refractivity contribution is 0.356. The molecule has 0 spiro atoms. The topological polar surface area (TPSA) is 55.0 Å². The molecule has 0 aliphatic carbocycles. The van der Waals surface area contributed by atoms with Crippen LogP contribution in [0.5, 0.6) is 0 Å². The Balaban J connectivity index is 2.07. The summed E-state index contributed by atoms with van der Waals surface area (Å²) in [5.74, 6) is 2.83. The number of hydrogen-bond donors (Lipinski definition) is 1. The molecule has 1 aliphatic rings. The van der Waals surface area contributed by atoms with Crippen LogP contribution in [0.3, 0.4) is 0 Å². The number of nitrogens with two attached hydrogens (primary N) is 1. The minimum Gasteiger partial charge on any atom is -0.368 e. The van der Waals surface area contributed by atoms with Gasteiger partial charge in [-0.25, -0.2) is 4.98 Å². The average Bonchev–Trinajstić information content (AvgIpc) is 2.79. The van der Waals surface area contributed by atoms with E-state index in [9.17, 15) is 0 Å². The third-order valence-electron chi connectivity index (χ3n) is 3.96. The van der Waals surface area contributed by atoms with Gasteiger partial charge in [-0.2, -0.15) is 4.98 Å². The van der Waals surface area contributed by atoms with Crippen LogP contribution < -0.4 is 10.6 Å². The maximum atomic E-state index is 5.91. The number of aryl methyl sites for hydroxylation is 1. The van der Waals surface area contributed by atoms with Gasteiger partial charge in [0, 0.05) is 18.0 Å². The van der Waals surface area contributed by atoms with Gasteiger partial charge in [0.25, 0.3) is 0 Å². The van der Waals surface area contributed by atoms with Crippen LogP contribution in [0.15, 0.2) is 6.07 Å². The SMILES string of the molecule is CCc1cc2c(N3CC(C)CC(C)C3)nc(N)nc2s1. The molecule has 5 heteroatoms. The number of hydrogen-bond acceptors (Lipinski definition) is 5. The molecule has 4 nitrogen and oxygen atoms in total. The van der Waals surface area contributed by atoms with Gasteiger partial charge in [-0.1, -0.05) is 20.8 Å². The molecule has 1 aliphatic heterocycles. The Morgan fingerprint density at radius 2 is 2.00 bits per heavy atom. The van der Waals surface area contributed by atoms with E-state index < -0.39 is 0 Å². The summed E-state index contributed by atoms with van der Waals surface area (Å²) in [4.78, 5) is 13.7. The van der Waals surface area contributed by atoms with Gasteiger partial charge in [-0.15, -0.1) is 11.3 Å². The van der Waals surface area contributed by atoms with Crippen molar-refractivity contribution < 1.29 is 0 Å². The van der Waals surface area contributed by atoms with Crippen molar-refractivity contribution >= 4 is 33.3 Å². The maximum absolute atomic E-state index is 5.91. The molecule has 0 aromatic carbocycles. The monoisotopic (exact) mass is 290 g/mol. The zero-order valence-electron chi connectivity index (χ0n) is 12.4. The van der Waals surface area contributed by atoms with E-state index in [1.807, 2.05) is 0 Å². The number of aromatic nitrogens is 2. The molecule has 2 N–H and O–H groups in total. The van der Waals surface area contributed by atoms with Crippen LogP contribution in [0, 0.1) is 11.8 Å². The van der Waals surface area contributed by atoms with E-state index in [2.05, 4.69) is 41.7 Å². The van der Waals surface area contributed by atoms with E-state index >= 15 is 0 Å². The number of nitrogens with zero attached hydrogens (tertiary/aromatic N) is 3. The fourth-order valence-corrected chi connectivity index (χ4v) is 4.19. The zero-order valence-corrected chi connectivity index (χ0v) is 13.2. The van der Waals surface area contributed by atoms with Crippen molar-refractivity contribution in [2.24, 2.45) is 11.8 Å². The van der Waals surface area contributed by atoms with Gasteiger partial charge < -0.3 is 10.6 Å². The first-order valence-corrected chi connectivity index (χ1v) is 8.19. The van der Waals surface area contributed by atoms with Gasteiger partial charge in [0.1, 0.15) is 10.6 Å². The predicted molar refractivity (Wildman–Crippen MR) is 86.4 cm³/mol. The minimum absolute atomic E-state index is 0.392. The summed E-state index contributed by atoms with van der Waals surface area (Å²) in [6.45, 7) is 8.93. The molecule has 1 saturated heterocycles. The van der Waals surface area contributed by atoms with Gasteiger partial charge in [0.05, 0.1) is 5.39 Å². The van der Waals surface area contributed by atoms with E-state index in [0.29, 0.717) is 17.8 Å². The number of fused-ring (bicyclic) bond motifs is 1. The summed E-state index contributed by atoms with van der Waals surface area (Å²) < 4.78 is 0. The highest BCUT2D eigenvalue weighted by molar-refractivity contribution is 7.18. The molecule has 2 aromatic rings. The first kappa shape index (κ1) is 13.6. The number of rotatable bonds is 2. The van der Waals surface area contributed by atoms with Crippen LogP contribution in [-0.4, -0.2) is 23.1 Å². The molecule has 0 saturated carbocycles. The van der Waals surface area contributed by atoms with Crippen LogP contribution in [0.25, 0.3) is 10.2 Å². The van der Waals surface area contributed by atoms with Crippen molar-refractivity contribution in [2.45, 2.75) is 33.6 Å². The number of nitrogen functional groups attached to an aromatic ring is 1. The number of anilines is 2. The number of thiophene rings is 1. The van der Waals surface area contributed by atoms with Crippen molar-refractivity contribution in [3.8, 4) is 0 Å². The first-order chi connectivity index (χ1) is 9.56. The van der Waals surface area contributed by atoms with Crippen molar-refractivity contribution in [3.63, 3.8) is 0 Å². The Kier molecular flexibility index (Phi) is 3.54. The summed E-state index contributed by atoms with van der Waals surface area (Å²) in [7, 11) is 0. The zero-order chi connectivity index (χ0) is 14.3. The third kappa shape index (κ3) is 2.46. The summed E-state index contributed by atoms with van der Waals surface area (Å²) in [6.07, 6.45) is 2.33. The molecule has 20 heavy (non-hydrogen) atoms. The fraction of sp³-hybridized carbons (Fsp3) is 0.600. The Hall–Kier alpha value is -1.36. The van der Waals surface area contributed by atoms with E-state index in [1.54, 1.807) is 11.3 Å². The molecule has 0 bridgehead atoms.